The normalized spacial score (nSPS) is 18.1. The second kappa shape index (κ2) is 4.53. The summed E-state index contributed by atoms with van der Waals surface area (Å²) in [5.41, 5.74) is 0.659. The Morgan fingerprint density at radius 1 is 1.42 bits per heavy atom. The van der Waals surface area contributed by atoms with Crippen molar-refractivity contribution in [3.63, 3.8) is 0 Å². The van der Waals surface area contributed by atoms with E-state index in [0.29, 0.717) is 37.2 Å². The molecule has 1 saturated carbocycles. The molecular weight excluding hydrogens is 248 g/mol. The van der Waals surface area contributed by atoms with Crippen LogP contribution < -0.4 is 9.64 Å². The zero-order valence-electron chi connectivity index (χ0n) is 10.3. The number of carboxylic acid groups (broad SMARTS) is 1. The van der Waals surface area contributed by atoms with Crippen molar-refractivity contribution in [2.45, 2.75) is 12.8 Å². The minimum atomic E-state index is -1.08. The van der Waals surface area contributed by atoms with Gasteiger partial charge >= 0.3 is 5.97 Å². The maximum Gasteiger partial charge on any atom is 0.354 e. The van der Waals surface area contributed by atoms with Gasteiger partial charge in [-0.15, -0.1) is 0 Å². The third-order valence-electron chi connectivity index (χ3n) is 3.29. The highest BCUT2D eigenvalue weighted by molar-refractivity contribution is 5.96. The fourth-order valence-corrected chi connectivity index (χ4v) is 1.93. The van der Waals surface area contributed by atoms with Crippen LogP contribution in [0.2, 0.25) is 0 Å². The van der Waals surface area contributed by atoms with E-state index < -0.39 is 5.97 Å². The first kappa shape index (κ1) is 12.0. The van der Waals surface area contributed by atoms with Gasteiger partial charge in [0.15, 0.2) is 11.5 Å². The Morgan fingerprint density at radius 3 is 2.74 bits per heavy atom. The number of anilines is 1. The Hall–Kier alpha value is -2.11. The average Bonchev–Trinajstić information content (AvgIpc) is 3.16. The average molecular weight is 262 g/mol. The Labute approximate surface area is 110 Å². The number of pyridine rings is 1. The summed E-state index contributed by atoms with van der Waals surface area (Å²) in [5.74, 6) is -0.0431. The van der Waals surface area contributed by atoms with Crippen molar-refractivity contribution in [1.29, 1.82) is 0 Å². The molecule has 2 aliphatic rings. The number of ether oxygens (including phenoxy) is 1. The molecule has 0 amide bonds. The second-order valence-corrected chi connectivity index (χ2v) is 4.98. The van der Waals surface area contributed by atoms with Gasteiger partial charge in [-0.25, -0.2) is 9.78 Å². The highest BCUT2D eigenvalue weighted by Crippen LogP contribution is 2.33. The van der Waals surface area contributed by atoms with Crippen LogP contribution in [0.3, 0.4) is 0 Å². The van der Waals surface area contributed by atoms with Crippen LogP contribution in [-0.4, -0.2) is 41.5 Å². The minimum absolute atomic E-state index is 0.0404. The number of aromatic carboxylic acids is 1. The van der Waals surface area contributed by atoms with Gasteiger partial charge in [-0.05, 0) is 30.9 Å². The molecule has 1 aliphatic carbocycles. The third kappa shape index (κ3) is 2.52. The lowest BCUT2D eigenvalue weighted by molar-refractivity contribution is -0.119. The number of carbonyl (C=O) groups excluding carboxylic acids is 1. The van der Waals surface area contributed by atoms with E-state index in [1.165, 1.54) is 6.07 Å². The first-order chi connectivity index (χ1) is 9.13. The maximum atomic E-state index is 11.0. The SMILES string of the molecule is O=C1CN(c2ccc(C(=O)O)nc2OCC2CC2)C1. The quantitative estimate of drug-likeness (QED) is 0.851. The highest BCUT2D eigenvalue weighted by Gasteiger charge is 2.29. The number of carboxylic acids is 1. The summed E-state index contributed by atoms with van der Waals surface area (Å²) in [5, 5.41) is 8.96. The fraction of sp³-hybridized carbons (Fsp3) is 0.462. The fourth-order valence-electron chi connectivity index (χ4n) is 1.93. The van der Waals surface area contributed by atoms with Crippen molar-refractivity contribution in [2.75, 3.05) is 24.6 Å². The molecule has 6 heteroatoms. The molecule has 0 atom stereocenters. The standard InChI is InChI=1S/C13H14N2O4/c16-9-5-15(6-9)11-4-3-10(13(17)18)14-12(11)19-7-8-1-2-8/h3-4,8H,1-2,5-7H2,(H,17,18). The van der Waals surface area contributed by atoms with Gasteiger partial charge in [0, 0.05) is 0 Å². The van der Waals surface area contributed by atoms with Crippen molar-refractivity contribution in [2.24, 2.45) is 5.92 Å². The van der Waals surface area contributed by atoms with Crippen molar-refractivity contribution in [3.05, 3.63) is 17.8 Å². The van der Waals surface area contributed by atoms with Crippen LogP contribution in [0.5, 0.6) is 5.88 Å². The highest BCUT2D eigenvalue weighted by atomic mass is 16.5. The Morgan fingerprint density at radius 2 is 2.16 bits per heavy atom. The summed E-state index contributed by atoms with van der Waals surface area (Å²) in [6.07, 6.45) is 2.30. The van der Waals surface area contributed by atoms with Gasteiger partial charge in [0.1, 0.15) is 5.69 Å². The monoisotopic (exact) mass is 262 g/mol. The molecule has 1 saturated heterocycles. The van der Waals surface area contributed by atoms with Gasteiger partial charge in [-0.2, -0.15) is 0 Å². The van der Waals surface area contributed by atoms with Crippen molar-refractivity contribution in [1.82, 2.24) is 4.98 Å². The molecule has 0 bridgehead atoms. The van der Waals surface area contributed by atoms with Crippen molar-refractivity contribution >= 4 is 17.4 Å². The van der Waals surface area contributed by atoms with E-state index in [0.717, 1.165) is 12.8 Å². The molecule has 6 nitrogen and oxygen atoms in total. The number of carbonyl (C=O) groups is 2. The summed E-state index contributed by atoms with van der Waals surface area (Å²) in [4.78, 5) is 27.8. The smallest absolute Gasteiger partial charge is 0.354 e. The molecule has 1 aliphatic heterocycles. The lowest BCUT2D eigenvalue weighted by atomic mass is 10.1. The van der Waals surface area contributed by atoms with Crippen LogP contribution in [0.4, 0.5) is 5.69 Å². The third-order valence-corrected chi connectivity index (χ3v) is 3.29. The van der Waals surface area contributed by atoms with Crippen LogP contribution >= 0.6 is 0 Å². The van der Waals surface area contributed by atoms with Gasteiger partial charge in [0.2, 0.25) is 5.88 Å². The molecule has 3 rings (SSSR count). The number of ketones is 1. The van der Waals surface area contributed by atoms with E-state index in [1.807, 2.05) is 4.90 Å². The number of rotatable bonds is 5. The van der Waals surface area contributed by atoms with Gasteiger partial charge in [0.05, 0.1) is 19.7 Å². The molecule has 100 valence electrons. The summed E-state index contributed by atoms with van der Waals surface area (Å²) in [6, 6.07) is 3.09. The lowest BCUT2D eigenvalue weighted by Crippen LogP contribution is -2.47. The van der Waals surface area contributed by atoms with E-state index in [-0.39, 0.29) is 11.5 Å². The second-order valence-electron chi connectivity index (χ2n) is 4.98. The lowest BCUT2D eigenvalue weighted by Gasteiger charge is -2.32. The predicted molar refractivity (Wildman–Crippen MR) is 66.6 cm³/mol. The minimum Gasteiger partial charge on any atom is -0.477 e. The Kier molecular flexibility index (Phi) is 2.85. The molecule has 0 unspecified atom stereocenters. The topological polar surface area (TPSA) is 79.7 Å². The summed E-state index contributed by atoms with van der Waals surface area (Å²) in [7, 11) is 0. The molecule has 2 fully saturated rings. The number of hydrogen-bond donors (Lipinski definition) is 1. The largest absolute Gasteiger partial charge is 0.477 e. The summed E-state index contributed by atoms with van der Waals surface area (Å²) in [6.45, 7) is 1.24. The molecule has 0 aromatic carbocycles. The molecule has 19 heavy (non-hydrogen) atoms. The van der Waals surface area contributed by atoms with E-state index >= 15 is 0 Å². The molecule has 2 heterocycles. The zero-order chi connectivity index (χ0) is 13.4. The summed E-state index contributed by atoms with van der Waals surface area (Å²) >= 11 is 0. The van der Waals surface area contributed by atoms with Crippen molar-refractivity contribution < 1.29 is 19.4 Å². The molecule has 1 N–H and O–H groups in total. The molecular formula is C13H14N2O4. The summed E-state index contributed by atoms with van der Waals surface area (Å²) < 4.78 is 5.62. The first-order valence-electron chi connectivity index (χ1n) is 6.27. The molecule has 0 spiro atoms. The van der Waals surface area contributed by atoms with E-state index in [2.05, 4.69) is 4.98 Å². The van der Waals surface area contributed by atoms with E-state index in [4.69, 9.17) is 9.84 Å². The van der Waals surface area contributed by atoms with Crippen LogP contribution in [0.1, 0.15) is 23.3 Å². The maximum absolute atomic E-state index is 11.0. The van der Waals surface area contributed by atoms with Gasteiger partial charge < -0.3 is 14.7 Å². The Bertz CT molecular complexity index is 531. The number of nitrogens with zero attached hydrogens (tertiary/aromatic N) is 2. The molecule has 0 radical (unpaired) electrons. The first-order valence-corrected chi connectivity index (χ1v) is 6.27. The van der Waals surface area contributed by atoms with Gasteiger partial charge in [-0.1, -0.05) is 0 Å². The van der Waals surface area contributed by atoms with Crippen LogP contribution in [0, 0.1) is 5.92 Å². The van der Waals surface area contributed by atoms with Gasteiger partial charge in [-0.3, -0.25) is 4.79 Å². The number of aromatic nitrogens is 1. The number of Topliss-reactive ketones (excluding diaryl/α,β-unsaturated/α-hetero) is 1. The van der Waals surface area contributed by atoms with Gasteiger partial charge in [0.25, 0.3) is 0 Å². The van der Waals surface area contributed by atoms with E-state index in [1.54, 1.807) is 6.07 Å². The number of hydrogen-bond acceptors (Lipinski definition) is 5. The predicted octanol–water partition coefficient (Wildman–Crippen LogP) is 0.958. The molecule has 1 aromatic heterocycles. The Balaban J connectivity index is 1.83. The van der Waals surface area contributed by atoms with Crippen molar-refractivity contribution in [3.8, 4) is 5.88 Å². The molecule has 1 aromatic rings. The zero-order valence-corrected chi connectivity index (χ0v) is 10.3. The van der Waals surface area contributed by atoms with Crippen LogP contribution in [0.25, 0.3) is 0 Å². The van der Waals surface area contributed by atoms with E-state index in [9.17, 15) is 9.59 Å². The van der Waals surface area contributed by atoms with Crippen LogP contribution in [0.15, 0.2) is 12.1 Å². The van der Waals surface area contributed by atoms with Crippen LogP contribution in [-0.2, 0) is 4.79 Å².